The van der Waals surface area contributed by atoms with Crippen LogP contribution in [0.3, 0.4) is 0 Å². The van der Waals surface area contributed by atoms with E-state index in [0.717, 1.165) is 10.6 Å². The molecule has 1 amide bonds. The number of rotatable bonds is 5. The Kier molecular flexibility index (Phi) is 3.86. The number of ether oxygens (including phenoxy) is 1. The molecule has 0 unspecified atom stereocenters. The van der Waals surface area contributed by atoms with Crippen molar-refractivity contribution in [1.82, 2.24) is 4.98 Å². The molecule has 6 nitrogen and oxygen atoms in total. The number of aromatic nitrogens is 1. The second-order valence-corrected chi connectivity index (χ2v) is 4.87. The average molecular weight is 278 g/mol. The molecule has 2 heterocycles. The lowest BCUT2D eigenvalue weighted by molar-refractivity contribution is 0.100. The van der Waals surface area contributed by atoms with E-state index < -0.39 is 5.91 Å². The maximum Gasteiger partial charge on any atom is 0.260 e. The minimum absolute atomic E-state index is 0.370. The first kappa shape index (κ1) is 13.2. The van der Waals surface area contributed by atoms with Crippen LogP contribution in [-0.2, 0) is 6.54 Å². The van der Waals surface area contributed by atoms with Crippen LogP contribution in [0.2, 0.25) is 0 Å². The standard InChI is InChI=1S/C12H14N4O2S/c1-18-9-4-7(2-3-15-9)6-16-10-5-8(13)11(19-10)12(14)17/h2-5,16H,6,13H2,1H3,(H2,14,17). The Morgan fingerprint density at radius 1 is 1.53 bits per heavy atom. The fraction of sp³-hybridized carbons (Fsp3) is 0.167. The van der Waals surface area contributed by atoms with Crippen LogP contribution in [0.1, 0.15) is 15.2 Å². The Hall–Kier alpha value is -2.28. The summed E-state index contributed by atoms with van der Waals surface area (Å²) in [6.45, 7) is 0.580. The largest absolute Gasteiger partial charge is 0.481 e. The summed E-state index contributed by atoms with van der Waals surface area (Å²) in [7, 11) is 1.57. The van der Waals surface area contributed by atoms with Crippen LogP contribution in [-0.4, -0.2) is 18.0 Å². The van der Waals surface area contributed by atoms with Gasteiger partial charge >= 0.3 is 0 Å². The third-order valence-electron chi connectivity index (χ3n) is 2.46. The summed E-state index contributed by atoms with van der Waals surface area (Å²) in [5, 5.41) is 3.97. The number of nitrogens with two attached hydrogens (primary N) is 2. The van der Waals surface area contributed by atoms with E-state index in [-0.39, 0.29) is 0 Å². The molecular formula is C12H14N4O2S. The molecule has 0 saturated heterocycles. The quantitative estimate of drug-likeness (QED) is 0.768. The average Bonchev–Trinajstić information content (AvgIpc) is 2.78. The number of primary amides is 1. The van der Waals surface area contributed by atoms with E-state index in [4.69, 9.17) is 16.2 Å². The van der Waals surface area contributed by atoms with Gasteiger partial charge in [0, 0.05) is 18.8 Å². The highest BCUT2D eigenvalue weighted by Crippen LogP contribution is 2.29. The molecule has 7 heteroatoms. The molecule has 0 atom stereocenters. The van der Waals surface area contributed by atoms with Crippen molar-refractivity contribution in [2.24, 2.45) is 5.73 Å². The van der Waals surface area contributed by atoms with Crippen LogP contribution in [0.5, 0.6) is 5.88 Å². The van der Waals surface area contributed by atoms with Gasteiger partial charge in [0.2, 0.25) is 5.88 Å². The fourth-order valence-electron chi connectivity index (χ4n) is 1.55. The van der Waals surface area contributed by atoms with Gasteiger partial charge in [-0.25, -0.2) is 4.98 Å². The third-order valence-corrected chi connectivity index (χ3v) is 3.58. The highest BCUT2D eigenvalue weighted by Gasteiger charge is 2.11. The van der Waals surface area contributed by atoms with Crippen LogP contribution < -0.4 is 21.5 Å². The number of methoxy groups -OCH3 is 1. The topological polar surface area (TPSA) is 103 Å². The van der Waals surface area contributed by atoms with Crippen molar-refractivity contribution in [2.45, 2.75) is 6.54 Å². The lowest BCUT2D eigenvalue weighted by Crippen LogP contribution is -2.10. The Morgan fingerprint density at radius 2 is 2.32 bits per heavy atom. The van der Waals surface area contributed by atoms with E-state index in [2.05, 4.69) is 10.3 Å². The van der Waals surface area contributed by atoms with Gasteiger partial charge < -0.3 is 21.5 Å². The van der Waals surface area contributed by atoms with Gasteiger partial charge in [0.15, 0.2) is 0 Å². The molecule has 0 saturated carbocycles. The smallest absolute Gasteiger partial charge is 0.260 e. The zero-order valence-electron chi connectivity index (χ0n) is 10.3. The minimum atomic E-state index is -0.513. The molecule has 0 fully saturated rings. The van der Waals surface area contributed by atoms with E-state index in [1.807, 2.05) is 12.1 Å². The number of carbonyl (C=O) groups excluding carboxylic acids is 1. The lowest BCUT2D eigenvalue weighted by Gasteiger charge is -2.05. The maximum atomic E-state index is 11.1. The van der Waals surface area contributed by atoms with Crippen LogP contribution in [0.4, 0.5) is 10.7 Å². The van der Waals surface area contributed by atoms with Gasteiger partial charge in [0.1, 0.15) is 4.88 Å². The summed E-state index contributed by atoms with van der Waals surface area (Å²) in [5.41, 5.74) is 12.3. The zero-order valence-corrected chi connectivity index (χ0v) is 11.2. The minimum Gasteiger partial charge on any atom is -0.481 e. The molecule has 2 aromatic heterocycles. The van der Waals surface area contributed by atoms with E-state index in [9.17, 15) is 4.79 Å². The molecule has 19 heavy (non-hydrogen) atoms. The van der Waals surface area contributed by atoms with Crippen LogP contribution in [0.25, 0.3) is 0 Å². The molecule has 0 spiro atoms. The van der Waals surface area contributed by atoms with Crippen molar-refractivity contribution < 1.29 is 9.53 Å². The SMILES string of the molecule is COc1cc(CNc2cc(N)c(C(N)=O)s2)ccn1. The van der Waals surface area contributed by atoms with Gasteiger partial charge in [-0.05, 0) is 17.7 Å². The number of nitrogens with one attached hydrogen (secondary N) is 1. The highest BCUT2D eigenvalue weighted by atomic mass is 32.1. The van der Waals surface area contributed by atoms with Gasteiger partial charge in [0.25, 0.3) is 5.91 Å². The first-order valence-corrected chi connectivity index (χ1v) is 6.33. The maximum absolute atomic E-state index is 11.1. The van der Waals surface area contributed by atoms with E-state index in [0.29, 0.717) is 23.0 Å². The van der Waals surface area contributed by atoms with Gasteiger partial charge in [-0.1, -0.05) is 0 Å². The van der Waals surface area contributed by atoms with Crippen molar-refractivity contribution in [2.75, 3.05) is 18.2 Å². The summed E-state index contributed by atoms with van der Waals surface area (Å²) >= 11 is 1.24. The van der Waals surface area contributed by atoms with E-state index in [1.54, 1.807) is 19.4 Å². The van der Waals surface area contributed by atoms with Gasteiger partial charge in [0.05, 0.1) is 17.8 Å². The Balaban J connectivity index is 2.06. The molecule has 0 radical (unpaired) electrons. The number of pyridine rings is 1. The third kappa shape index (κ3) is 3.14. The van der Waals surface area contributed by atoms with Crippen molar-refractivity contribution in [1.29, 1.82) is 0 Å². The number of thiophene rings is 1. The number of anilines is 2. The molecule has 2 aromatic rings. The van der Waals surface area contributed by atoms with Crippen LogP contribution >= 0.6 is 11.3 Å². The summed E-state index contributed by atoms with van der Waals surface area (Å²) in [6.07, 6.45) is 1.67. The lowest BCUT2D eigenvalue weighted by atomic mass is 10.2. The summed E-state index contributed by atoms with van der Waals surface area (Å²) in [4.78, 5) is 15.5. The van der Waals surface area contributed by atoms with Crippen molar-refractivity contribution in [3.05, 3.63) is 34.8 Å². The molecule has 2 rings (SSSR count). The number of nitrogen functional groups attached to an aromatic ring is 1. The molecular weight excluding hydrogens is 264 g/mol. The fourth-order valence-corrected chi connectivity index (χ4v) is 2.37. The number of hydrogen-bond donors (Lipinski definition) is 3. The van der Waals surface area contributed by atoms with E-state index in [1.165, 1.54) is 11.3 Å². The first-order valence-electron chi connectivity index (χ1n) is 5.52. The molecule has 0 aliphatic carbocycles. The number of hydrogen-bond acceptors (Lipinski definition) is 6. The second-order valence-electron chi connectivity index (χ2n) is 3.82. The molecule has 100 valence electrons. The van der Waals surface area contributed by atoms with Crippen LogP contribution in [0, 0.1) is 0 Å². The van der Waals surface area contributed by atoms with Crippen LogP contribution in [0.15, 0.2) is 24.4 Å². The van der Waals surface area contributed by atoms with Crippen molar-refractivity contribution >= 4 is 27.9 Å². The van der Waals surface area contributed by atoms with Crippen molar-refractivity contribution in [3.63, 3.8) is 0 Å². The molecule has 0 bridgehead atoms. The Labute approximate surface area is 114 Å². The summed E-state index contributed by atoms with van der Waals surface area (Å²) < 4.78 is 5.04. The Bertz CT molecular complexity index is 597. The molecule has 5 N–H and O–H groups in total. The summed E-state index contributed by atoms with van der Waals surface area (Å²) in [5.74, 6) is 0.0453. The number of amides is 1. The normalized spacial score (nSPS) is 10.2. The number of carbonyl (C=O) groups is 1. The summed E-state index contributed by atoms with van der Waals surface area (Å²) in [6, 6.07) is 5.41. The second kappa shape index (κ2) is 5.57. The van der Waals surface area contributed by atoms with Crippen molar-refractivity contribution in [3.8, 4) is 5.88 Å². The first-order chi connectivity index (χ1) is 9.10. The predicted octanol–water partition coefficient (Wildman–Crippen LogP) is 1.44. The monoisotopic (exact) mass is 278 g/mol. The van der Waals surface area contributed by atoms with Gasteiger partial charge in [-0.3, -0.25) is 4.79 Å². The molecule has 0 aromatic carbocycles. The Morgan fingerprint density at radius 3 is 2.95 bits per heavy atom. The molecule has 0 aliphatic rings. The van der Waals surface area contributed by atoms with E-state index >= 15 is 0 Å². The molecule has 0 aliphatic heterocycles. The number of nitrogens with zero attached hydrogens (tertiary/aromatic N) is 1. The highest BCUT2D eigenvalue weighted by molar-refractivity contribution is 7.18. The van der Waals surface area contributed by atoms with Gasteiger partial charge in [-0.2, -0.15) is 0 Å². The predicted molar refractivity (Wildman–Crippen MR) is 75.4 cm³/mol. The van der Waals surface area contributed by atoms with Gasteiger partial charge in [-0.15, -0.1) is 11.3 Å². The zero-order chi connectivity index (χ0) is 13.8.